The SMILES string of the molecule is Br.Cc1cccc(C(=O)Cn2c3c(sc2=N)CCCC3)c1. The van der Waals surface area contributed by atoms with Gasteiger partial charge in [-0.05, 0) is 38.7 Å². The molecule has 1 aliphatic rings. The molecule has 0 aliphatic heterocycles. The lowest BCUT2D eigenvalue weighted by atomic mass is 10.0. The number of carbonyl (C=O) groups is 1. The maximum absolute atomic E-state index is 12.4. The standard InChI is InChI=1S/C16H18N2OS.BrH/c1-11-5-4-6-12(9-11)14(19)10-18-13-7-2-3-8-15(13)20-16(18)17;/h4-6,9,17H,2-3,7-8,10H2,1H3;1H. The Hall–Kier alpha value is -1.20. The van der Waals surface area contributed by atoms with Gasteiger partial charge in [0.1, 0.15) is 0 Å². The van der Waals surface area contributed by atoms with E-state index in [4.69, 9.17) is 5.41 Å². The van der Waals surface area contributed by atoms with E-state index in [1.54, 1.807) is 0 Å². The van der Waals surface area contributed by atoms with Gasteiger partial charge in [0.15, 0.2) is 10.6 Å². The second kappa shape index (κ2) is 6.71. The minimum atomic E-state index is 0. The summed E-state index contributed by atoms with van der Waals surface area (Å²) in [6.07, 6.45) is 4.45. The van der Waals surface area contributed by atoms with E-state index < -0.39 is 0 Å². The number of thiazole rings is 1. The van der Waals surface area contributed by atoms with Crippen LogP contribution in [0.15, 0.2) is 24.3 Å². The van der Waals surface area contributed by atoms with Crippen molar-refractivity contribution in [3.63, 3.8) is 0 Å². The molecular weight excluding hydrogens is 348 g/mol. The largest absolute Gasteiger partial charge is 0.313 e. The predicted octanol–water partition coefficient (Wildman–Crippen LogP) is 3.68. The average molecular weight is 367 g/mol. The lowest BCUT2D eigenvalue weighted by Gasteiger charge is -2.14. The third-order valence-corrected chi connectivity index (χ3v) is 4.92. The highest BCUT2D eigenvalue weighted by atomic mass is 79.9. The number of aromatic nitrogens is 1. The number of nitrogens with one attached hydrogen (secondary N) is 1. The second-order valence-electron chi connectivity index (χ2n) is 5.36. The number of benzene rings is 1. The van der Waals surface area contributed by atoms with Gasteiger partial charge in [0.25, 0.3) is 0 Å². The molecule has 21 heavy (non-hydrogen) atoms. The Morgan fingerprint density at radius 3 is 2.86 bits per heavy atom. The number of nitrogens with zero attached hydrogens (tertiary/aromatic N) is 1. The third-order valence-electron chi connectivity index (χ3n) is 3.82. The first-order valence-corrected chi connectivity index (χ1v) is 7.82. The van der Waals surface area contributed by atoms with E-state index in [1.807, 2.05) is 35.8 Å². The van der Waals surface area contributed by atoms with Crippen molar-refractivity contribution in [1.29, 1.82) is 5.41 Å². The zero-order valence-electron chi connectivity index (χ0n) is 12.0. The number of aryl methyl sites for hydroxylation is 2. The van der Waals surface area contributed by atoms with Gasteiger partial charge < -0.3 is 4.57 Å². The number of hydrogen-bond donors (Lipinski definition) is 1. The molecule has 0 bridgehead atoms. The maximum Gasteiger partial charge on any atom is 0.182 e. The normalized spacial score (nSPS) is 13.4. The average Bonchev–Trinajstić information content (AvgIpc) is 2.75. The van der Waals surface area contributed by atoms with Crippen LogP contribution in [0.3, 0.4) is 0 Å². The number of carbonyl (C=O) groups excluding carboxylic acids is 1. The summed E-state index contributed by atoms with van der Waals surface area (Å²) in [5.41, 5.74) is 3.05. The van der Waals surface area contributed by atoms with E-state index in [1.165, 1.54) is 34.7 Å². The van der Waals surface area contributed by atoms with Crippen LogP contribution in [0.2, 0.25) is 0 Å². The van der Waals surface area contributed by atoms with Crippen LogP contribution in [0, 0.1) is 12.3 Å². The number of ketones is 1. The summed E-state index contributed by atoms with van der Waals surface area (Å²) >= 11 is 1.53. The van der Waals surface area contributed by atoms with Crippen LogP contribution in [0.25, 0.3) is 0 Å². The van der Waals surface area contributed by atoms with Gasteiger partial charge in [0, 0.05) is 16.1 Å². The molecule has 1 heterocycles. The molecule has 0 radical (unpaired) electrons. The topological polar surface area (TPSA) is 45.9 Å². The molecule has 1 aromatic carbocycles. The molecule has 0 atom stereocenters. The van der Waals surface area contributed by atoms with Gasteiger partial charge in [-0.3, -0.25) is 10.2 Å². The molecule has 1 aromatic heterocycles. The van der Waals surface area contributed by atoms with Crippen molar-refractivity contribution in [2.45, 2.75) is 39.2 Å². The van der Waals surface area contributed by atoms with Gasteiger partial charge in [-0.2, -0.15) is 0 Å². The summed E-state index contributed by atoms with van der Waals surface area (Å²) in [5, 5.41) is 8.09. The summed E-state index contributed by atoms with van der Waals surface area (Å²) < 4.78 is 1.91. The molecule has 3 rings (SSSR count). The zero-order valence-corrected chi connectivity index (χ0v) is 14.5. The molecule has 0 amide bonds. The van der Waals surface area contributed by atoms with E-state index in [0.29, 0.717) is 11.3 Å². The van der Waals surface area contributed by atoms with Crippen LogP contribution >= 0.6 is 28.3 Å². The van der Waals surface area contributed by atoms with Crippen molar-refractivity contribution in [3.8, 4) is 0 Å². The fourth-order valence-corrected chi connectivity index (χ4v) is 3.87. The Morgan fingerprint density at radius 1 is 1.33 bits per heavy atom. The van der Waals surface area contributed by atoms with Gasteiger partial charge in [-0.15, -0.1) is 28.3 Å². The van der Waals surface area contributed by atoms with Crippen LogP contribution in [0.1, 0.15) is 39.3 Å². The smallest absolute Gasteiger partial charge is 0.182 e. The van der Waals surface area contributed by atoms with Crippen molar-refractivity contribution in [2.24, 2.45) is 0 Å². The number of rotatable bonds is 3. The molecule has 0 saturated heterocycles. The lowest BCUT2D eigenvalue weighted by molar-refractivity contribution is 0.0969. The van der Waals surface area contributed by atoms with Gasteiger partial charge >= 0.3 is 0 Å². The first kappa shape index (κ1) is 16.2. The summed E-state index contributed by atoms with van der Waals surface area (Å²) in [6, 6.07) is 7.69. The monoisotopic (exact) mass is 366 g/mol. The fraction of sp³-hybridized carbons (Fsp3) is 0.375. The van der Waals surface area contributed by atoms with Crippen LogP contribution in [0.5, 0.6) is 0 Å². The third kappa shape index (κ3) is 3.35. The molecule has 0 saturated carbocycles. The number of fused-ring (bicyclic) bond motifs is 1. The summed E-state index contributed by atoms with van der Waals surface area (Å²) in [7, 11) is 0. The van der Waals surface area contributed by atoms with E-state index in [2.05, 4.69) is 0 Å². The lowest BCUT2D eigenvalue weighted by Crippen LogP contribution is -2.22. The maximum atomic E-state index is 12.4. The van der Waals surface area contributed by atoms with Crippen LogP contribution < -0.4 is 4.80 Å². The molecule has 0 fully saturated rings. The second-order valence-corrected chi connectivity index (χ2v) is 6.45. The summed E-state index contributed by atoms with van der Waals surface area (Å²) in [4.78, 5) is 14.2. The first-order chi connectivity index (χ1) is 9.65. The molecule has 5 heteroatoms. The van der Waals surface area contributed by atoms with E-state index >= 15 is 0 Å². The van der Waals surface area contributed by atoms with E-state index in [-0.39, 0.29) is 22.8 Å². The van der Waals surface area contributed by atoms with Crippen LogP contribution in [0.4, 0.5) is 0 Å². The summed E-state index contributed by atoms with van der Waals surface area (Å²) in [6.45, 7) is 2.29. The molecule has 2 aromatic rings. The van der Waals surface area contributed by atoms with E-state index in [9.17, 15) is 4.79 Å². The van der Waals surface area contributed by atoms with Crippen molar-refractivity contribution < 1.29 is 4.79 Å². The Kier molecular flexibility index (Phi) is 5.17. The molecule has 112 valence electrons. The van der Waals surface area contributed by atoms with Crippen molar-refractivity contribution in [2.75, 3.05) is 0 Å². The molecule has 0 unspecified atom stereocenters. The number of Topliss-reactive ketones (excluding diaryl/α,β-unsaturated/α-hetero) is 1. The Bertz CT molecular complexity index is 717. The molecule has 1 N–H and O–H groups in total. The van der Waals surface area contributed by atoms with Crippen molar-refractivity contribution in [3.05, 3.63) is 50.8 Å². The quantitative estimate of drug-likeness (QED) is 0.827. The fourth-order valence-electron chi connectivity index (χ4n) is 2.77. The highest BCUT2D eigenvalue weighted by Gasteiger charge is 2.18. The van der Waals surface area contributed by atoms with Crippen molar-refractivity contribution in [1.82, 2.24) is 4.57 Å². The molecular formula is C16H19BrN2OS. The highest BCUT2D eigenvalue weighted by Crippen LogP contribution is 2.23. The molecule has 1 aliphatic carbocycles. The minimum absolute atomic E-state index is 0. The first-order valence-electron chi connectivity index (χ1n) is 7.01. The number of halogens is 1. The Labute approximate surface area is 138 Å². The van der Waals surface area contributed by atoms with Gasteiger partial charge in [0.2, 0.25) is 0 Å². The number of hydrogen-bond acceptors (Lipinski definition) is 3. The molecule has 0 spiro atoms. The van der Waals surface area contributed by atoms with Crippen LogP contribution in [-0.2, 0) is 19.4 Å². The summed E-state index contributed by atoms with van der Waals surface area (Å²) in [5.74, 6) is 0.0957. The van der Waals surface area contributed by atoms with E-state index in [0.717, 1.165) is 24.0 Å². The Morgan fingerprint density at radius 2 is 2.10 bits per heavy atom. The Balaban J connectivity index is 0.00000161. The predicted molar refractivity (Wildman–Crippen MR) is 90.6 cm³/mol. The van der Waals surface area contributed by atoms with Gasteiger partial charge in [-0.1, -0.05) is 23.8 Å². The van der Waals surface area contributed by atoms with Crippen LogP contribution in [-0.4, -0.2) is 10.4 Å². The zero-order chi connectivity index (χ0) is 14.1. The highest BCUT2D eigenvalue weighted by molar-refractivity contribution is 8.93. The molecule has 3 nitrogen and oxygen atoms in total. The van der Waals surface area contributed by atoms with Crippen molar-refractivity contribution >= 4 is 34.1 Å². The minimum Gasteiger partial charge on any atom is -0.313 e. The van der Waals surface area contributed by atoms with Gasteiger partial charge in [0.05, 0.1) is 6.54 Å². The van der Waals surface area contributed by atoms with Gasteiger partial charge in [-0.25, -0.2) is 0 Å².